The normalized spacial score (nSPS) is 12.2. The number of anilines is 5. The Morgan fingerprint density at radius 1 is 0.441 bits per heavy atom. The minimum atomic E-state index is -4.72. The highest BCUT2D eigenvalue weighted by Gasteiger charge is 2.13. The van der Waals surface area contributed by atoms with Crippen LogP contribution in [0.25, 0.3) is 0 Å². The van der Waals surface area contributed by atoms with Gasteiger partial charge in [0.1, 0.15) is 20.2 Å². The van der Waals surface area contributed by atoms with Gasteiger partial charge in [0.2, 0.25) is 0 Å². The molecular formula is C55H51N5O6S2-2. The molecule has 0 unspecified atom stereocenters. The Morgan fingerprint density at radius 2 is 0.824 bits per heavy atom. The van der Waals surface area contributed by atoms with E-state index >= 15 is 0 Å². The maximum absolute atomic E-state index is 12.0. The van der Waals surface area contributed by atoms with E-state index < -0.39 is 20.2 Å². The van der Waals surface area contributed by atoms with Crippen LogP contribution in [-0.4, -0.2) is 51.5 Å². The molecule has 68 heavy (non-hydrogen) atoms. The van der Waals surface area contributed by atoms with Crippen LogP contribution >= 0.6 is 0 Å². The zero-order valence-corrected chi connectivity index (χ0v) is 39.7. The lowest BCUT2D eigenvalue weighted by Gasteiger charge is -2.16. The Hall–Kier alpha value is -7.42. The quantitative estimate of drug-likeness (QED) is 0.0708. The SMILES string of the molecule is CN=C1C=CC(=Nc2ccc(Nc3ccc(Cc4ccc(C)cc4)cc3)cc2)C=C1.CNc1ccc(Cc2ccc(Nc3ccc(Cc4ccc(C)cc4S(=O)(=O)[O-])cc3)cc2S(=O)(=O)[O-])cc1. The molecule has 0 atom stereocenters. The monoisotopic (exact) mass is 941 g/mol. The summed E-state index contributed by atoms with van der Waals surface area (Å²) >= 11 is 0. The minimum Gasteiger partial charge on any atom is -0.744 e. The molecule has 8 rings (SSSR count). The second kappa shape index (κ2) is 21.9. The molecule has 13 heteroatoms. The van der Waals surface area contributed by atoms with Gasteiger partial charge in [-0.15, -0.1) is 0 Å². The average molecular weight is 942 g/mol. The molecule has 0 saturated carbocycles. The van der Waals surface area contributed by atoms with Gasteiger partial charge in [0.15, 0.2) is 0 Å². The van der Waals surface area contributed by atoms with E-state index in [0.29, 0.717) is 28.1 Å². The lowest BCUT2D eigenvalue weighted by molar-refractivity contribution is 0.460. The smallest absolute Gasteiger partial charge is 0.124 e. The molecule has 346 valence electrons. The first kappa shape index (κ1) is 48.5. The van der Waals surface area contributed by atoms with Crippen LogP contribution in [0.3, 0.4) is 0 Å². The number of rotatable bonds is 14. The molecule has 3 N–H and O–H groups in total. The molecule has 0 amide bonds. The van der Waals surface area contributed by atoms with Crippen LogP contribution in [0.2, 0.25) is 0 Å². The summed E-state index contributed by atoms with van der Waals surface area (Å²) in [5, 5.41) is 9.57. The average Bonchev–Trinajstić information content (AvgIpc) is 3.33. The summed E-state index contributed by atoms with van der Waals surface area (Å²) < 4.78 is 71.1. The second-order valence-electron chi connectivity index (χ2n) is 16.3. The fraction of sp³-hybridized carbons (Fsp3) is 0.127. The number of allylic oxidation sites excluding steroid dienone is 4. The lowest BCUT2D eigenvalue weighted by atomic mass is 10.0. The zero-order chi connectivity index (χ0) is 48.3. The molecule has 0 aliphatic heterocycles. The van der Waals surface area contributed by atoms with Crippen LogP contribution in [0.15, 0.2) is 202 Å². The predicted molar refractivity (Wildman–Crippen MR) is 274 cm³/mol. The maximum Gasteiger partial charge on any atom is 0.124 e. The molecule has 0 heterocycles. The first-order chi connectivity index (χ1) is 32.6. The van der Waals surface area contributed by atoms with Crippen molar-refractivity contribution in [2.45, 2.75) is 42.9 Å². The molecule has 7 aromatic carbocycles. The topological polar surface area (TPSA) is 175 Å². The van der Waals surface area contributed by atoms with E-state index in [4.69, 9.17) is 0 Å². The van der Waals surface area contributed by atoms with Crippen molar-refractivity contribution in [3.8, 4) is 0 Å². The zero-order valence-electron chi connectivity index (χ0n) is 38.1. The van der Waals surface area contributed by atoms with Crippen LogP contribution in [0.1, 0.15) is 44.5 Å². The van der Waals surface area contributed by atoms with Crippen LogP contribution in [0.5, 0.6) is 0 Å². The van der Waals surface area contributed by atoms with Gasteiger partial charge in [0, 0.05) is 42.5 Å². The summed E-state index contributed by atoms with van der Waals surface area (Å²) in [4.78, 5) is 8.28. The number of nitrogens with one attached hydrogen (secondary N) is 3. The van der Waals surface area contributed by atoms with E-state index in [9.17, 15) is 25.9 Å². The molecular weight excluding hydrogens is 891 g/mol. The molecule has 1 aliphatic carbocycles. The van der Waals surface area contributed by atoms with E-state index in [2.05, 4.69) is 93.5 Å². The Labute approximate surface area is 399 Å². The van der Waals surface area contributed by atoms with Crippen LogP contribution in [-0.2, 0) is 39.5 Å². The van der Waals surface area contributed by atoms with Gasteiger partial charge in [-0.2, -0.15) is 0 Å². The first-order valence-electron chi connectivity index (χ1n) is 21.8. The number of hydrogen-bond donors (Lipinski definition) is 3. The summed E-state index contributed by atoms with van der Waals surface area (Å²) in [5.41, 5.74) is 14.0. The van der Waals surface area contributed by atoms with Crippen LogP contribution in [0.4, 0.5) is 34.1 Å². The highest BCUT2D eigenvalue weighted by Crippen LogP contribution is 2.28. The number of aliphatic imine (C=N–C) groups is 2. The standard InChI is InChI=1S/C28H28N2O6S2.C27H25N3/c1-19-3-8-22(27(15-19)37(31,32)33)16-21-6-12-25(13-7-21)30-26-14-9-23(28(18-26)38(34,35)36)17-20-4-10-24(29-2)11-5-20;1-20-3-5-21(6-4-20)19-22-7-9-24(10-8-22)29-26-15-17-27(18-16-26)30-25-13-11-23(28-2)12-14-25/h3-15,18,29-30H,16-17H2,1-2H3,(H,31,32,33)(H,34,35,36);3-18,29H,19H2,1-2H3/p-2. The molecule has 0 fully saturated rings. The molecule has 0 spiro atoms. The van der Waals surface area contributed by atoms with E-state index in [1.165, 1.54) is 28.8 Å². The Morgan fingerprint density at radius 3 is 1.31 bits per heavy atom. The number of benzene rings is 7. The summed E-state index contributed by atoms with van der Waals surface area (Å²) in [5.74, 6) is 0. The molecule has 0 aromatic heterocycles. The van der Waals surface area contributed by atoms with Crippen molar-refractivity contribution in [1.82, 2.24) is 0 Å². The minimum absolute atomic E-state index is 0.232. The van der Waals surface area contributed by atoms with Crippen molar-refractivity contribution >= 4 is 65.8 Å². The van der Waals surface area contributed by atoms with Crippen molar-refractivity contribution in [2.75, 3.05) is 30.0 Å². The highest BCUT2D eigenvalue weighted by molar-refractivity contribution is 7.86. The molecule has 7 aromatic rings. The van der Waals surface area contributed by atoms with E-state index in [1.54, 1.807) is 69.6 Å². The van der Waals surface area contributed by atoms with Gasteiger partial charge in [-0.25, -0.2) is 21.8 Å². The molecule has 1 aliphatic rings. The van der Waals surface area contributed by atoms with Gasteiger partial charge in [-0.1, -0.05) is 84.4 Å². The third-order valence-electron chi connectivity index (χ3n) is 11.1. The molecule has 0 radical (unpaired) electrons. The molecule has 0 saturated heterocycles. The number of nitrogens with zero attached hydrogens (tertiary/aromatic N) is 2. The summed E-state index contributed by atoms with van der Waals surface area (Å²) in [6.07, 6.45) is 9.38. The lowest BCUT2D eigenvalue weighted by Crippen LogP contribution is -2.06. The van der Waals surface area contributed by atoms with E-state index in [1.807, 2.05) is 60.7 Å². The van der Waals surface area contributed by atoms with Gasteiger partial charge < -0.3 is 25.1 Å². The highest BCUT2D eigenvalue weighted by atomic mass is 32.2. The molecule has 11 nitrogen and oxygen atoms in total. The fourth-order valence-corrected chi connectivity index (χ4v) is 8.94. The van der Waals surface area contributed by atoms with Gasteiger partial charge in [0.05, 0.1) is 26.9 Å². The van der Waals surface area contributed by atoms with Gasteiger partial charge in [0.25, 0.3) is 0 Å². The van der Waals surface area contributed by atoms with Crippen molar-refractivity contribution < 1.29 is 25.9 Å². The van der Waals surface area contributed by atoms with Crippen LogP contribution < -0.4 is 16.0 Å². The number of hydrogen-bond acceptors (Lipinski definition) is 11. The number of aryl methyl sites for hydroxylation is 2. The predicted octanol–water partition coefficient (Wildman–Crippen LogP) is 11.4. The van der Waals surface area contributed by atoms with Crippen molar-refractivity contribution in [3.63, 3.8) is 0 Å². The summed E-state index contributed by atoms with van der Waals surface area (Å²) in [6.45, 7) is 3.83. The Balaban J connectivity index is 0.000000207. The Kier molecular flexibility index (Phi) is 15.6. The van der Waals surface area contributed by atoms with Crippen molar-refractivity contribution in [1.29, 1.82) is 0 Å². The molecule has 0 bridgehead atoms. The van der Waals surface area contributed by atoms with Crippen LogP contribution in [0, 0.1) is 13.8 Å². The van der Waals surface area contributed by atoms with Crippen molar-refractivity contribution in [3.05, 3.63) is 227 Å². The van der Waals surface area contributed by atoms with Gasteiger partial charge >= 0.3 is 0 Å². The van der Waals surface area contributed by atoms with Crippen molar-refractivity contribution in [2.24, 2.45) is 9.98 Å². The van der Waals surface area contributed by atoms with Gasteiger partial charge in [-0.3, -0.25) is 4.99 Å². The van der Waals surface area contributed by atoms with Gasteiger partial charge in [-0.05, 0) is 175 Å². The first-order valence-corrected chi connectivity index (χ1v) is 24.6. The third-order valence-corrected chi connectivity index (χ3v) is 12.9. The summed E-state index contributed by atoms with van der Waals surface area (Å²) in [6, 6.07) is 49.4. The maximum atomic E-state index is 12.0. The fourth-order valence-electron chi connectivity index (χ4n) is 7.41. The van der Waals surface area contributed by atoms with E-state index in [-0.39, 0.29) is 22.6 Å². The Bertz CT molecular complexity index is 3200. The largest absolute Gasteiger partial charge is 0.744 e. The van der Waals surface area contributed by atoms with E-state index in [0.717, 1.165) is 51.7 Å². The second-order valence-corrected chi connectivity index (χ2v) is 19.0. The third kappa shape index (κ3) is 13.8. The summed E-state index contributed by atoms with van der Waals surface area (Å²) in [7, 11) is -5.74.